The molecule has 0 amide bonds. The first-order chi connectivity index (χ1) is 9.63. The van der Waals surface area contributed by atoms with Gasteiger partial charge in [0, 0.05) is 6.20 Å². The fraction of sp³-hybridized carbons (Fsp3) is 0.353. The van der Waals surface area contributed by atoms with Gasteiger partial charge in [0.05, 0.1) is 17.8 Å². The van der Waals surface area contributed by atoms with Crippen molar-refractivity contribution in [2.24, 2.45) is 5.73 Å². The number of benzene rings is 1. The lowest BCUT2D eigenvalue weighted by atomic mass is 10.00. The summed E-state index contributed by atoms with van der Waals surface area (Å²) in [6, 6.07) is 9.98. The summed E-state index contributed by atoms with van der Waals surface area (Å²) >= 11 is 0. The molecular weight excluding hydrogens is 248 g/mol. The van der Waals surface area contributed by atoms with Crippen LogP contribution in [0.4, 0.5) is 0 Å². The van der Waals surface area contributed by atoms with Gasteiger partial charge in [-0.25, -0.2) is 0 Å². The highest BCUT2D eigenvalue weighted by Gasteiger charge is 2.23. The van der Waals surface area contributed by atoms with Crippen LogP contribution in [0.5, 0.6) is 5.75 Å². The molecule has 3 nitrogen and oxygen atoms in total. The van der Waals surface area contributed by atoms with E-state index >= 15 is 0 Å². The van der Waals surface area contributed by atoms with Gasteiger partial charge in [0.1, 0.15) is 5.75 Å². The summed E-state index contributed by atoms with van der Waals surface area (Å²) in [6.07, 6.45) is 4.64. The van der Waals surface area contributed by atoms with E-state index in [1.165, 1.54) is 12.8 Å². The largest absolute Gasteiger partial charge is 0.490 e. The van der Waals surface area contributed by atoms with Crippen LogP contribution < -0.4 is 10.5 Å². The lowest BCUT2D eigenvalue weighted by Gasteiger charge is -2.15. The molecule has 1 fully saturated rings. The van der Waals surface area contributed by atoms with Crippen molar-refractivity contribution in [2.45, 2.75) is 38.8 Å². The van der Waals surface area contributed by atoms with E-state index < -0.39 is 0 Å². The smallest absolute Gasteiger partial charge is 0.119 e. The summed E-state index contributed by atoms with van der Waals surface area (Å²) in [6.45, 7) is 4.10. The van der Waals surface area contributed by atoms with Gasteiger partial charge >= 0.3 is 0 Å². The third-order valence-corrected chi connectivity index (χ3v) is 3.62. The van der Waals surface area contributed by atoms with Gasteiger partial charge in [-0.15, -0.1) is 0 Å². The van der Waals surface area contributed by atoms with Crippen LogP contribution in [0.1, 0.15) is 41.3 Å². The average Bonchev–Trinajstić information content (AvgIpc) is 3.23. The van der Waals surface area contributed by atoms with Crippen LogP contribution in [0, 0.1) is 13.8 Å². The lowest BCUT2D eigenvalue weighted by Crippen LogP contribution is -2.15. The SMILES string of the molecule is Cc1cnc(C(N)c2ccc(OC3CC3)cc2)c(C)c1. The molecule has 1 aliphatic rings. The minimum Gasteiger partial charge on any atom is -0.490 e. The van der Waals surface area contributed by atoms with Gasteiger partial charge < -0.3 is 10.5 Å². The van der Waals surface area contributed by atoms with Gasteiger partial charge in [-0.3, -0.25) is 4.98 Å². The highest BCUT2D eigenvalue weighted by molar-refractivity contribution is 5.36. The first-order valence-corrected chi connectivity index (χ1v) is 7.09. The second kappa shape index (κ2) is 5.25. The van der Waals surface area contributed by atoms with Crippen molar-refractivity contribution in [3.63, 3.8) is 0 Å². The zero-order valence-electron chi connectivity index (χ0n) is 12.0. The standard InChI is InChI=1S/C17H20N2O/c1-11-9-12(2)17(19-10-11)16(18)13-3-5-14(6-4-13)20-15-7-8-15/h3-6,9-10,15-16H,7-8,18H2,1-2H3. The molecule has 1 heterocycles. The fourth-order valence-electron chi connectivity index (χ4n) is 2.34. The zero-order chi connectivity index (χ0) is 14.1. The van der Waals surface area contributed by atoms with E-state index in [0.29, 0.717) is 6.10 Å². The number of hydrogen-bond acceptors (Lipinski definition) is 3. The van der Waals surface area contributed by atoms with Crippen molar-refractivity contribution in [1.82, 2.24) is 4.98 Å². The van der Waals surface area contributed by atoms with E-state index in [0.717, 1.165) is 28.1 Å². The fourth-order valence-corrected chi connectivity index (χ4v) is 2.34. The molecule has 20 heavy (non-hydrogen) atoms. The Hall–Kier alpha value is -1.87. The molecule has 1 unspecified atom stereocenters. The maximum absolute atomic E-state index is 6.33. The molecule has 3 heteroatoms. The number of ether oxygens (including phenoxy) is 1. The molecule has 3 rings (SSSR count). The molecule has 1 aliphatic carbocycles. The number of hydrogen-bond donors (Lipinski definition) is 1. The van der Waals surface area contributed by atoms with Crippen molar-refractivity contribution in [1.29, 1.82) is 0 Å². The molecule has 0 spiro atoms. The van der Waals surface area contributed by atoms with Crippen LogP contribution >= 0.6 is 0 Å². The molecule has 2 N–H and O–H groups in total. The Bertz CT molecular complexity index is 603. The first-order valence-electron chi connectivity index (χ1n) is 7.09. The number of rotatable bonds is 4. The van der Waals surface area contributed by atoms with Gasteiger partial charge in [-0.1, -0.05) is 18.2 Å². The van der Waals surface area contributed by atoms with E-state index in [2.05, 4.69) is 18.0 Å². The van der Waals surface area contributed by atoms with E-state index in [9.17, 15) is 0 Å². The quantitative estimate of drug-likeness (QED) is 0.925. The average molecular weight is 268 g/mol. The van der Waals surface area contributed by atoms with Crippen molar-refractivity contribution in [3.05, 3.63) is 58.9 Å². The van der Waals surface area contributed by atoms with Crippen LogP contribution in [0.15, 0.2) is 36.5 Å². The second-order valence-corrected chi connectivity index (χ2v) is 5.58. The molecule has 1 aromatic carbocycles. The third-order valence-electron chi connectivity index (χ3n) is 3.62. The molecule has 0 bridgehead atoms. The minimum absolute atomic E-state index is 0.189. The Kier molecular flexibility index (Phi) is 3.45. The number of pyridine rings is 1. The number of aryl methyl sites for hydroxylation is 2. The Balaban J connectivity index is 1.80. The van der Waals surface area contributed by atoms with E-state index in [4.69, 9.17) is 10.5 Å². The number of nitrogens with zero attached hydrogens (tertiary/aromatic N) is 1. The van der Waals surface area contributed by atoms with Crippen LogP contribution in [0.3, 0.4) is 0 Å². The van der Waals surface area contributed by atoms with Crippen molar-refractivity contribution in [3.8, 4) is 5.75 Å². The summed E-state index contributed by atoms with van der Waals surface area (Å²) in [5.74, 6) is 0.928. The monoisotopic (exact) mass is 268 g/mol. The third kappa shape index (κ3) is 2.83. The summed E-state index contributed by atoms with van der Waals surface area (Å²) in [4.78, 5) is 4.48. The molecule has 1 aromatic heterocycles. The molecule has 104 valence electrons. The highest BCUT2D eigenvalue weighted by Crippen LogP contribution is 2.28. The van der Waals surface area contributed by atoms with E-state index in [-0.39, 0.29) is 6.04 Å². The molecule has 1 saturated carbocycles. The number of aromatic nitrogens is 1. The van der Waals surface area contributed by atoms with Crippen molar-refractivity contribution in [2.75, 3.05) is 0 Å². The summed E-state index contributed by atoms with van der Waals surface area (Å²) in [5.41, 5.74) is 10.6. The van der Waals surface area contributed by atoms with Gasteiger partial charge in [0.2, 0.25) is 0 Å². The highest BCUT2D eigenvalue weighted by atomic mass is 16.5. The van der Waals surface area contributed by atoms with E-state index in [1.807, 2.05) is 37.4 Å². The molecule has 1 atom stereocenters. The maximum atomic E-state index is 6.33. The lowest BCUT2D eigenvalue weighted by molar-refractivity contribution is 0.303. The van der Waals surface area contributed by atoms with Crippen molar-refractivity contribution >= 4 is 0 Å². The van der Waals surface area contributed by atoms with Gasteiger partial charge in [-0.2, -0.15) is 0 Å². The maximum Gasteiger partial charge on any atom is 0.119 e. The van der Waals surface area contributed by atoms with Gasteiger partial charge in [0.15, 0.2) is 0 Å². The van der Waals surface area contributed by atoms with Crippen molar-refractivity contribution < 1.29 is 4.74 Å². The van der Waals surface area contributed by atoms with E-state index in [1.54, 1.807) is 0 Å². The first kappa shape index (κ1) is 13.1. The summed E-state index contributed by atoms with van der Waals surface area (Å²) in [7, 11) is 0. The molecule has 0 radical (unpaired) electrons. The molecule has 0 saturated heterocycles. The van der Waals surface area contributed by atoms with Crippen LogP contribution in [-0.2, 0) is 0 Å². The van der Waals surface area contributed by atoms with Crippen LogP contribution in [-0.4, -0.2) is 11.1 Å². The van der Waals surface area contributed by atoms with Gasteiger partial charge in [0.25, 0.3) is 0 Å². The molecular formula is C17H20N2O. The molecule has 2 aromatic rings. The zero-order valence-corrected chi connectivity index (χ0v) is 12.0. The predicted molar refractivity (Wildman–Crippen MR) is 79.8 cm³/mol. The predicted octanol–water partition coefficient (Wildman–Crippen LogP) is 3.29. The summed E-state index contributed by atoms with van der Waals surface area (Å²) in [5, 5.41) is 0. The summed E-state index contributed by atoms with van der Waals surface area (Å²) < 4.78 is 5.75. The Labute approximate surface area is 119 Å². The second-order valence-electron chi connectivity index (χ2n) is 5.58. The van der Waals surface area contributed by atoms with Crippen LogP contribution in [0.2, 0.25) is 0 Å². The Morgan fingerprint density at radius 2 is 1.90 bits per heavy atom. The normalized spacial score (nSPS) is 15.9. The Morgan fingerprint density at radius 3 is 2.50 bits per heavy atom. The minimum atomic E-state index is -0.189. The topological polar surface area (TPSA) is 48.1 Å². The van der Waals surface area contributed by atoms with Gasteiger partial charge in [-0.05, 0) is 55.5 Å². The number of nitrogens with two attached hydrogens (primary N) is 1. The Morgan fingerprint density at radius 1 is 1.20 bits per heavy atom. The molecule has 0 aliphatic heterocycles. The van der Waals surface area contributed by atoms with Crippen LogP contribution in [0.25, 0.3) is 0 Å².